The zero-order chi connectivity index (χ0) is 40.7. The van der Waals surface area contributed by atoms with E-state index in [0.717, 1.165) is 42.8 Å². The first-order valence-corrected chi connectivity index (χ1v) is 22.4. The minimum atomic E-state index is -0.303. The van der Waals surface area contributed by atoms with E-state index >= 15 is 0 Å². The second-order valence-corrected chi connectivity index (χ2v) is 18.4. The van der Waals surface area contributed by atoms with Gasteiger partial charge in [0.1, 0.15) is 0 Å². The van der Waals surface area contributed by atoms with Crippen molar-refractivity contribution in [1.29, 1.82) is 0 Å². The molecule has 1 N–H and O–H groups in total. The summed E-state index contributed by atoms with van der Waals surface area (Å²) in [5.74, 6) is 1.12. The van der Waals surface area contributed by atoms with Crippen molar-refractivity contribution in [3.63, 3.8) is 0 Å². The van der Waals surface area contributed by atoms with E-state index in [2.05, 4.69) is 183 Å². The summed E-state index contributed by atoms with van der Waals surface area (Å²) in [7, 11) is 0. The third-order valence-electron chi connectivity index (χ3n) is 15.2. The average Bonchev–Trinajstić information content (AvgIpc) is 3.61. The smallest absolute Gasteiger partial charge is 0.0918 e. The van der Waals surface area contributed by atoms with E-state index in [4.69, 9.17) is 15.0 Å². The molecule has 3 aromatic carbocycles. The van der Waals surface area contributed by atoms with Crippen LogP contribution in [0.3, 0.4) is 0 Å². The van der Waals surface area contributed by atoms with Gasteiger partial charge in [0, 0.05) is 41.8 Å². The molecule has 0 radical (unpaired) electrons. The van der Waals surface area contributed by atoms with Gasteiger partial charge in [-0.2, -0.15) is 0 Å². The molecule has 0 saturated heterocycles. The monoisotopic (exact) mass is 790 g/mol. The van der Waals surface area contributed by atoms with Gasteiger partial charge in [-0.3, -0.25) is 15.0 Å². The van der Waals surface area contributed by atoms with Crippen LogP contribution in [0.25, 0.3) is 5.70 Å². The Bertz CT molecular complexity index is 2780. The molecule has 1 saturated carbocycles. The first-order valence-electron chi connectivity index (χ1n) is 22.4. The normalized spacial score (nSPS) is 29.8. The molecule has 0 bridgehead atoms. The largest absolute Gasteiger partial charge is 0.380 e. The summed E-state index contributed by atoms with van der Waals surface area (Å²) < 4.78 is 0. The van der Waals surface area contributed by atoms with Gasteiger partial charge in [0.05, 0.1) is 34.6 Å². The van der Waals surface area contributed by atoms with Crippen LogP contribution in [0.4, 0.5) is 0 Å². The van der Waals surface area contributed by atoms with Crippen molar-refractivity contribution < 1.29 is 0 Å². The predicted molar refractivity (Wildman–Crippen MR) is 249 cm³/mol. The Morgan fingerprint density at radius 2 is 1.56 bits per heavy atom. The molecule has 4 aromatic rings. The van der Waals surface area contributed by atoms with Crippen LogP contribution in [0.5, 0.6) is 0 Å². The van der Waals surface area contributed by atoms with Gasteiger partial charge in [0.2, 0.25) is 0 Å². The maximum Gasteiger partial charge on any atom is 0.0918 e. The number of dihydropyridines is 2. The van der Waals surface area contributed by atoms with Crippen molar-refractivity contribution in [2.75, 3.05) is 0 Å². The van der Waals surface area contributed by atoms with E-state index < -0.39 is 0 Å². The zero-order valence-electron chi connectivity index (χ0n) is 34.9. The van der Waals surface area contributed by atoms with Crippen molar-refractivity contribution in [2.45, 2.75) is 57.0 Å². The van der Waals surface area contributed by atoms with Crippen molar-refractivity contribution in [3.8, 4) is 0 Å². The number of hydrogen-bond donors (Lipinski definition) is 1. The zero-order valence-corrected chi connectivity index (χ0v) is 34.9. The van der Waals surface area contributed by atoms with Crippen LogP contribution in [0, 0.1) is 29.1 Å². The Morgan fingerprint density at radius 1 is 0.787 bits per heavy atom. The third-order valence-corrected chi connectivity index (χ3v) is 15.2. The van der Waals surface area contributed by atoms with Crippen LogP contribution < -0.4 is 5.32 Å². The van der Waals surface area contributed by atoms with Crippen molar-refractivity contribution in [1.82, 2.24) is 10.3 Å². The highest BCUT2D eigenvalue weighted by molar-refractivity contribution is 6.11. The first kappa shape index (κ1) is 36.5. The Hall–Kier alpha value is -6.39. The van der Waals surface area contributed by atoms with E-state index in [-0.39, 0.29) is 40.7 Å². The fraction of sp³-hybridized carbons (Fsp3) is 0.246. The van der Waals surface area contributed by atoms with Gasteiger partial charge in [-0.1, -0.05) is 160 Å². The number of aromatic nitrogens is 1. The Morgan fingerprint density at radius 3 is 2.33 bits per heavy atom. The Kier molecular flexibility index (Phi) is 8.42. The molecule has 4 heterocycles. The van der Waals surface area contributed by atoms with Crippen LogP contribution in [0.15, 0.2) is 214 Å². The molecule has 4 heteroatoms. The van der Waals surface area contributed by atoms with Crippen LogP contribution in [-0.2, 0) is 11.8 Å². The van der Waals surface area contributed by atoms with E-state index in [1.54, 1.807) is 0 Å². The van der Waals surface area contributed by atoms with Gasteiger partial charge in [-0.25, -0.2) is 0 Å². The fourth-order valence-electron chi connectivity index (χ4n) is 12.4. The fourth-order valence-corrected chi connectivity index (χ4v) is 12.4. The van der Waals surface area contributed by atoms with Gasteiger partial charge in [0.25, 0.3) is 0 Å². The average molecular weight is 791 g/mol. The maximum absolute atomic E-state index is 5.60. The number of pyridine rings is 1. The van der Waals surface area contributed by atoms with Crippen LogP contribution in [0.2, 0.25) is 0 Å². The molecule has 0 amide bonds. The number of nitrogens with zero attached hydrogens (tertiary/aromatic N) is 3. The second-order valence-electron chi connectivity index (χ2n) is 18.4. The van der Waals surface area contributed by atoms with Gasteiger partial charge in [0.15, 0.2) is 0 Å². The summed E-state index contributed by atoms with van der Waals surface area (Å²) in [5, 5.41) is 3.80. The highest BCUT2D eigenvalue weighted by Crippen LogP contribution is 2.63. The number of rotatable bonds is 5. The summed E-state index contributed by atoms with van der Waals surface area (Å²) >= 11 is 0. The molecule has 12 rings (SSSR count). The lowest BCUT2D eigenvalue weighted by molar-refractivity contribution is 0.430. The summed E-state index contributed by atoms with van der Waals surface area (Å²) in [6.07, 6.45) is 34.2. The maximum atomic E-state index is 5.60. The minimum absolute atomic E-state index is 0.00490. The van der Waals surface area contributed by atoms with Crippen LogP contribution in [0.1, 0.15) is 78.7 Å². The highest BCUT2D eigenvalue weighted by Gasteiger charge is 2.56. The number of fused-ring (bicyclic) bond motifs is 7. The van der Waals surface area contributed by atoms with Crippen molar-refractivity contribution in [3.05, 3.63) is 237 Å². The van der Waals surface area contributed by atoms with Gasteiger partial charge >= 0.3 is 0 Å². The molecule has 1 fully saturated rings. The molecule has 3 aliphatic heterocycles. The molecule has 5 unspecified atom stereocenters. The molecule has 298 valence electrons. The standard InChI is InChI=1S/C57H50N4/c1-36-32-39-14-13-30-58-54(39)55-52(36)56(2,29-31-59-55)42-27-28-50(60-35-42)37-23-25-38(26-24-37)53-47-33-46-43-19-9-11-21-48(43)57(40-15-5-3-6-16-40,41-17-7-4-8-18-41)49(46)34-45(47)44-20-10-12-22-51(44)61-53/h3-9,11-19,21-28,30-31,33-36,43,47-48,50,53,60H,10,20,29,32H2,1-2H3/t36-,43?,47?,48?,50?,53?,56-/m0/s1. The van der Waals surface area contributed by atoms with E-state index in [9.17, 15) is 0 Å². The molecule has 4 nitrogen and oxygen atoms in total. The number of hydrogen-bond acceptors (Lipinski definition) is 4. The topological polar surface area (TPSA) is 49.6 Å². The first-order chi connectivity index (χ1) is 30.0. The van der Waals surface area contributed by atoms with E-state index in [1.165, 1.54) is 61.3 Å². The molecule has 7 atom stereocenters. The predicted octanol–water partition coefficient (Wildman–Crippen LogP) is 12.2. The quantitative estimate of drug-likeness (QED) is 0.219. The molecular formula is C57H50N4. The second kappa shape index (κ2) is 14.1. The van der Waals surface area contributed by atoms with Gasteiger partial charge in [-0.05, 0) is 105 Å². The lowest BCUT2D eigenvalue weighted by Crippen LogP contribution is -2.35. The van der Waals surface area contributed by atoms with Gasteiger partial charge in [-0.15, -0.1) is 0 Å². The van der Waals surface area contributed by atoms with E-state index in [1.807, 2.05) is 12.3 Å². The Labute approximate surface area is 359 Å². The number of nitrogens with one attached hydrogen (secondary N) is 1. The summed E-state index contributed by atoms with van der Waals surface area (Å²) in [6, 6.07) is 36.2. The third kappa shape index (κ3) is 5.47. The van der Waals surface area contributed by atoms with Crippen molar-refractivity contribution >= 4 is 17.6 Å². The number of allylic oxidation sites excluding steroid dienone is 13. The highest BCUT2D eigenvalue weighted by atomic mass is 14.9. The SMILES string of the molecule is C[C@H]1Cc2cccnc2C2=C1[C@](C)(C1=CNC(c3ccc(C4N=C5C=CCCC5=C5C=C6C(=CC54)C4C=CC=CC4C6(c4ccccc4)c4ccccc4)cc3)C=C1)CC=N2. The lowest BCUT2D eigenvalue weighted by atomic mass is 9.62. The lowest BCUT2D eigenvalue weighted by Gasteiger charge is -2.42. The minimum Gasteiger partial charge on any atom is -0.380 e. The molecule has 0 spiro atoms. The molecule has 1 aromatic heterocycles. The van der Waals surface area contributed by atoms with Crippen molar-refractivity contribution in [2.24, 2.45) is 39.1 Å². The molecule has 61 heavy (non-hydrogen) atoms. The summed E-state index contributed by atoms with van der Waals surface area (Å²) in [6.45, 7) is 4.74. The summed E-state index contributed by atoms with van der Waals surface area (Å²) in [5.41, 5.74) is 17.9. The van der Waals surface area contributed by atoms with Crippen LogP contribution >= 0.6 is 0 Å². The Balaban J connectivity index is 0.882. The van der Waals surface area contributed by atoms with Crippen LogP contribution in [-0.4, -0.2) is 16.9 Å². The van der Waals surface area contributed by atoms with Gasteiger partial charge < -0.3 is 5.32 Å². The molecule has 5 aliphatic carbocycles. The molecular weight excluding hydrogens is 741 g/mol. The molecule has 8 aliphatic rings. The number of aliphatic imine (C=N–C) groups is 2. The van der Waals surface area contributed by atoms with E-state index in [0.29, 0.717) is 5.92 Å². The summed E-state index contributed by atoms with van der Waals surface area (Å²) in [4.78, 5) is 15.3. The number of benzene rings is 3.